The van der Waals surface area contributed by atoms with Gasteiger partial charge in [-0.15, -0.1) is 0 Å². The molecule has 0 aromatic carbocycles. The van der Waals surface area contributed by atoms with E-state index in [9.17, 15) is 4.79 Å². The molecule has 2 spiro atoms. The summed E-state index contributed by atoms with van der Waals surface area (Å²) in [6.45, 7) is 4.32. The number of rotatable bonds is 6. The molecule has 4 aliphatic rings. The maximum atomic E-state index is 12.5. The number of amides is 1. The Morgan fingerprint density at radius 1 is 0.686 bits per heavy atom. The first-order chi connectivity index (χ1) is 17.2. The van der Waals surface area contributed by atoms with Crippen LogP contribution in [0.1, 0.15) is 128 Å². The van der Waals surface area contributed by atoms with Crippen LogP contribution in [-0.4, -0.2) is 48.6 Å². The minimum absolute atomic E-state index is 0.176. The van der Waals surface area contributed by atoms with Crippen molar-refractivity contribution in [1.82, 2.24) is 10.2 Å². The number of nitrogens with one attached hydrogen (secondary N) is 1. The molecule has 0 unspecified atom stereocenters. The highest BCUT2D eigenvalue weighted by molar-refractivity contribution is 5.76. The summed E-state index contributed by atoms with van der Waals surface area (Å²) in [5, 5.41) is 3.13. The molecule has 7 nitrogen and oxygen atoms in total. The number of piperidine rings is 1. The fourth-order valence-corrected chi connectivity index (χ4v) is 6.19. The van der Waals surface area contributed by atoms with Crippen molar-refractivity contribution in [1.29, 1.82) is 0 Å². The summed E-state index contributed by atoms with van der Waals surface area (Å²) in [6.07, 6.45) is 21.7. The molecule has 7 heteroatoms. The maximum absolute atomic E-state index is 12.5. The molecule has 1 amide bonds. The lowest BCUT2D eigenvalue weighted by atomic mass is 9.83. The minimum atomic E-state index is -0.809. The number of carbonyl (C=O) groups excluding carboxylic acids is 1. The van der Waals surface area contributed by atoms with E-state index >= 15 is 0 Å². The van der Waals surface area contributed by atoms with Crippen LogP contribution >= 0.6 is 0 Å². The monoisotopic (exact) mass is 494 g/mol. The molecule has 1 N–H and O–H groups in total. The molecular formula is C28H50N2O5. The van der Waals surface area contributed by atoms with Crippen molar-refractivity contribution in [2.24, 2.45) is 5.92 Å². The minimum Gasteiger partial charge on any atom is -0.356 e. The predicted octanol–water partition coefficient (Wildman–Crippen LogP) is 6.17. The zero-order valence-corrected chi connectivity index (χ0v) is 22.0. The van der Waals surface area contributed by atoms with Gasteiger partial charge in [0.25, 0.3) is 0 Å². The average Bonchev–Trinajstić information content (AvgIpc) is 2.88. The van der Waals surface area contributed by atoms with Gasteiger partial charge in [-0.3, -0.25) is 4.79 Å². The van der Waals surface area contributed by atoms with E-state index in [4.69, 9.17) is 19.6 Å². The third-order valence-corrected chi connectivity index (χ3v) is 8.57. The van der Waals surface area contributed by atoms with Gasteiger partial charge in [-0.2, -0.15) is 19.6 Å². The smallest absolute Gasteiger partial charge is 0.234 e. The van der Waals surface area contributed by atoms with Crippen LogP contribution in [0.15, 0.2) is 0 Å². The molecule has 0 atom stereocenters. The van der Waals surface area contributed by atoms with Gasteiger partial charge in [0.2, 0.25) is 17.5 Å². The Bertz CT molecular complexity index is 592. The summed E-state index contributed by atoms with van der Waals surface area (Å²) in [5.41, 5.74) is 0. The topological polar surface area (TPSA) is 69.3 Å². The molecule has 35 heavy (non-hydrogen) atoms. The van der Waals surface area contributed by atoms with E-state index in [0.29, 0.717) is 25.2 Å². The first-order valence-corrected chi connectivity index (χ1v) is 14.9. The second-order valence-corrected chi connectivity index (χ2v) is 11.6. The van der Waals surface area contributed by atoms with E-state index in [0.717, 1.165) is 58.0 Å². The van der Waals surface area contributed by atoms with E-state index in [-0.39, 0.29) is 5.91 Å². The first kappa shape index (κ1) is 27.3. The quantitative estimate of drug-likeness (QED) is 0.352. The standard InChI is InChI=1S/C28H50N2O5/c31-26(29-20-13-23-30-21-11-8-12-22-30)24-25-14-18-28(19-15-25)34-32-27(33-35-28)16-9-6-4-2-1-3-5-7-10-17-27/h25H,1-24H2,(H,29,31). The summed E-state index contributed by atoms with van der Waals surface area (Å²) in [5.74, 6) is -1.02. The number of nitrogens with zero attached hydrogens (tertiary/aromatic N) is 1. The number of hydrogen-bond donors (Lipinski definition) is 1. The first-order valence-electron chi connectivity index (χ1n) is 14.9. The highest BCUT2D eigenvalue weighted by Gasteiger charge is 2.50. The van der Waals surface area contributed by atoms with Crippen LogP contribution in [0.3, 0.4) is 0 Å². The molecule has 0 bridgehead atoms. The van der Waals surface area contributed by atoms with Crippen LogP contribution in [-0.2, 0) is 24.3 Å². The van der Waals surface area contributed by atoms with Crippen molar-refractivity contribution < 1.29 is 24.3 Å². The highest BCUT2D eigenvalue weighted by Crippen LogP contribution is 2.44. The maximum Gasteiger partial charge on any atom is 0.234 e. The second-order valence-electron chi connectivity index (χ2n) is 11.6. The molecule has 4 rings (SSSR count). The Hall–Kier alpha value is -0.730. The summed E-state index contributed by atoms with van der Waals surface area (Å²) in [6, 6.07) is 0. The SMILES string of the molecule is O=C(CC1CCC2(CC1)OOC1(CCCCCCCCCCC1)OO2)NCCCN1CCCCC1. The Morgan fingerprint density at radius 2 is 1.17 bits per heavy atom. The number of carbonyl (C=O) groups is 1. The third kappa shape index (κ3) is 8.96. The molecule has 0 aromatic rings. The Morgan fingerprint density at radius 3 is 1.74 bits per heavy atom. The molecule has 4 fully saturated rings. The largest absolute Gasteiger partial charge is 0.356 e. The van der Waals surface area contributed by atoms with Gasteiger partial charge in [0.05, 0.1) is 0 Å². The van der Waals surface area contributed by atoms with Crippen LogP contribution in [0.25, 0.3) is 0 Å². The van der Waals surface area contributed by atoms with E-state index in [1.165, 1.54) is 77.3 Å². The van der Waals surface area contributed by atoms with Gasteiger partial charge in [-0.05, 0) is 70.5 Å². The van der Waals surface area contributed by atoms with E-state index < -0.39 is 11.6 Å². The molecule has 2 saturated heterocycles. The van der Waals surface area contributed by atoms with Crippen LogP contribution < -0.4 is 5.32 Å². The number of likely N-dealkylation sites (tertiary alicyclic amines) is 1. The summed E-state index contributed by atoms with van der Waals surface area (Å²) >= 11 is 0. The lowest BCUT2D eigenvalue weighted by Crippen LogP contribution is -2.52. The molecule has 2 aliphatic carbocycles. The van der Waals surface area contributed by atoms with Gasteiger partial charge in [0.15, 0.2) is 0 Å². The molecule has 0 radical (unpaired) electrons. The molecule has 202 valence electrons. The lowest BCUT2D eigenvalue weighted by molar-refractivity contribution is -0.662. The van der Waals surface area contributed by atoms with Crippen molar-refractivity contribution in [2.45, 2.75) is 140 Å². The van der Waals surface area contributed by atoms with E-state index in [1.807, 2.05) is 0 Å². The molecule has 2 saturated carbocycles. The fraction of sp³-hybridized carbons (Fsp3) is 0.964. The Labute approximate surface area is 212 Å². The van der Waals surface area contributed by atoms with E-state index in [2.05, 4.69) is 10.2 Å². The van der Waals surface area contributed by atoms with Crippen LogP contribution in [0.2, 0.25) is 0 Å². The van der Waals surface area contributed by atoms with Gasteiger partial charge in [0, 0.05) is 38.6 Å². The Balaban J connectivity index is 1.13. The van der Waals surface area contributed by atoms with Crippen molar-refractivity contribution in [3.63, 3.8) is 0 Å². The second kappa shape index (κ2) is 14.3. The van der Waals surface area contributed by atoms with Crippen LogP contribution in [0, 0.1) is 5.92 Å². The normalized spacial score (nSPS) is 27.2. The van der Waals surface area contributed by atoms with Gasteiger partial charge in [-0.1, -0.05) is 51.4 Å². The summed E-state index contributed by atoms with van der Waals surface area (Å²) in [4.78, 5) is 38.9. The average molecular weight is 495 g/mol. The van der Waals surface area contributed by atoms with Gasteiger partial charge < -0.3 is 10.2 Å². The fourth-order valence-electron chi connectivity index (χ4n) is 6.19. The van der Waals surface area contributed by atoms with Gasteiger partial charge in [-0.25, -0.2) is 0 Å². The molecule has 2 aliphatic heterocycles. The van der Waals surface area contributed by atoms with E-state index in [1.54, 1.807) is 0 Å². The van der Waals surface area contributed by atoms with Crippen LogP contribution in [0.4, 0.5) is 0 Å². The zero-order valence-electron chi connectivity index (χ0n) is 22.0. The van der Waals surface area contributed by atoms with Crippen LogP contribution in [0.5, 0.6) is 0 Å². The highest BCUT2D eigenvalue weighted by atomic mass is 17.4. The van der Waals surface area contributed by atoms with Gasteiger partial charge >= 0.3 is 0 Å². The summed E-state index contributed by atoms with van der Waals surface area (Å²) < 4.78 is 0. The van der Waals surface area contributed by atoms with Crippen molar-refractivity contribution >= 4 is 5.91 Å². The van der Waals surface area contributed by atoms with Crippen molar-refractivity contribution in [2.75, 3.05) is 26.2 Å². The van der Waals surface area contributed by atoms with Crippen molar-refractivity contribution in [3.05, 3.63) is 0 Å². The lowest BCUT2D eigenvalue weighted by Gasteiger charge is -2.45. The summed E-state index contributed by atoms with van der Waals surface area (Å²) in [7, 11) is 0. The Kier molecular flexibility index (Phi) is 11.1. The zero-order chi connectivity index (χ0) is 24.2. The predicted molar refractivity (Wildman–Crippen MR) is 135 cm³/mol. The van der Waals surface area contributed by atoms with Crippen molar-refractivity contribution in [3.8, 4) is 0 Å². The third-order valence-electron chi connectivity index (χ3n) is 8.57. The molecular weight excluding hydrogens is 444 g/mol. The molecule has 0 aromatic heterocycles. The molecule has 2 heterocycles. The number of hydrogen-bond acceptors (Lipinski definition) is 6. The van der Waals surface area contributed by atoms with Gasteiger partial charge in [0.1, 0.15) is 0 Å².